The maximum Gasteiger partial charge on any atom is 0.317 e. The molecule has 1 aromatic carbocycles. The molecule has 3 fully saturated rings. The van der Waals surface area contributed by atoms with E-state index < -0.39 is 0 Å². The summed E-state index contributed by atoms with van der Waals surface area (Å²) in [6.07, 6.45) is 6.51. The van der Waals surface area contributed by atoms with Crippen molar-refractivity contribution in [3.05, 3.63) is 35.6 Å². The maximum absolute atomic E-state index is 13.3. The third-order valence-electron chi connectivity index (χ3n) is 5.19. The lowest BCUT2D eigenvalue weighted by atomic mass is 9.96. The van der Waals surface area contributed by atoms with Crippen LogP contribution in [0.1, 0.15) is 37.7 Å². The first-order valence-corrected chi connectivity index (χ1v) is 8.66. The molecule has 1 aliphatic carbocycles. The Labute approximate surface area is 136 Å². The van der Waals surface area contributed by atoms with E-state index in [9.17, 15) is 9.18 Å². The number of rotatable bonds is 5. The first-order valence-electron chi connectivity index (χ1n) is 8.66. The highest BCUT2D eigenvalue weighted by molar-refractivity contribution is 5.75. The zero-order valence-corrected chi connectivity index (χ0v) is 13.2. The van der Waals surface area contributed by atoms with Gasteiger partial charge in [0.1, 0.15) is 5.82 Å². The van der Waals surface area contributed by atoms with Gasteiger partial charge >= 0.3 is 6.03 Å². The van der Waals surface area contributed by atoms with Crippen molar-refractivity contribution in [2.24, 2.45) is 0 Å². The van der Waals surface area contributed by atoms with Crippen LogP contribution in [-0.4, -0.2) is 41.8 Å². The monoisotopic (exact) mass is 318 g/mol. The Kier molecular flexibility index (Phi) is 3.97. The molecule has 124 valence electrons. The van der Waals surface area contributed by atoms with Gasteiger partial charge in [-0.2, -0.15) is 0 Å². The normalized spacial score (nSPS) is 28.8. The zero-order valence-electron chi connectivity index (χ0n) is 13.2. The Bertz CT molecular complexity index is 590. The van der Waals surface area contributed by atoms with Crippen LogP contribution >= 0.6 is 0 Å². The van der Waals surface area contributed by atoms with E-state index >= 15 is 0 Å². The second-order valence-corrected chi connectivity index (χ2v) is 6.97. The van der Waals surface area contributed by atoms with Gasteiger partial charge in [0.05, 0.1) is 18.2 Å². The molecule has 2 heterocycles. The minimum absolute atomic E-state index is 0.0186. The van der Waals surface area contributed by atoms with Crippen molar-refractivity contribution in [3.8, 4) is 0 Å². The fourth-order valence-electron chi connectivity index (χ4n) is 3.81. The molecule has 23 heavy (non-hydrogen) atoms. The molecule has 1 N–H and O–H groups in total. The van der Waals surface area contributed by atoms with Crippen molar-refractivity contribution in [3.63, 3.8) is 0 Å². The Hall–Kier alpha value is -1.62. The molecule has 2 bridgehead atoms. The van der Waals surface area contributed by atoms with Crippen molar-refractivity contribution in [1.82, 2.24) is 10.2 Å². The number of amides is 2. The van der Waals surface area contributed by atoms with Crippen molar-refractivity contribution >= 4 is 6.03 Å². The van der Waals surface area contributed by atoms with E-state index in [0.29, 0.717) is 25.1 Å². The number of hydrogen-bond acceptors (Lipinski definition) is 2. The number of benzene rings is 1. The van der Waals surface area contributed by atoms with Crippen LogP contribution in [0, 0.1) is 5.82 Å². The molecule has 2 saturated heterocycles. The van der Waals surface area contributed by atoms with Crippen molar-refractivity contribution < 1.29 is 13.9 Å². The number of carbonyl (C=O) groups excluding carboxylic acids is 1. The summed E-state index contributed by atoms with van der Waals surface area (Å²) < 4.78 is 19.1. The molecular weight excluding hydrogens is 295 g/mol. The van der Waals surface area contributed by atoms with Crippen LogP contribution in [0.3, 0.4) is 0 Å². The highest BCUT2D eigenvalue weighted by Crippen LogP contribution is 2.35. The van der Waals surface area contributed by atoms with Gasteiger partial charge in [-0.15, -0.1) is 0 Å². The fourth-order valence-corrected chi connectivity index (χ4v) is 3.81. The summed E-state index contributed by atoms with van der Waals surface area (Å²) in [7, 11) is 0. The maximum atomic E-state index is 13.3. The van der Waals surface area contributed by atoms with Gasteiger partial charge in [0, 0.05) is 12.6 Å². The van der Waals surface area contributed by atoms with Crippen molar-refractivity contribution in [2.45, 2.75) is 62.8 Å². The number of carbonyl (C=O) groups is 1. The zero-order chi connectivity index (χ0) is 15.8. The van der Waals surface area contributed by atoms with E-state index in [1.807, 2.05) is 11.0 Å². The molecule has 5 heteroatoms. The fraction of sp³-hybridized carbons (Fsp3) is 0.611. The highest BCUT2D eigenvalue weighted by atomic mass is 19.1. The molecule has 3 aliphatic rings. The van der Waals surface area contributed by atoms with Crippen LogP contribution in [0.25, 0.3) is 0 Å². The summed E-state index contributed by atoms with van der Waals surface area (Å²) in [6.45, 7) is 0.641. The summed E-state index contributed by atoms with van der Waals surface area (Å²) in [6, 6.07) is 7.16. The molecule has 1 aromatic rings. The molecule has 4 rings (SSSR count). The Morgan fingerprint density at radius 3 is 2.83 bits per heavy atom. The van der Waals surface area contributed by atoms with Crippen molar-refractivity contribution in [1.29, 1.82) is 0 Å². The molecule has 0 spiro atoms. The van der Waals surface area contributed by atoms with Crippen LogP contribution in [0.2, 0.25) is 0 Å². The number of ether oxygens (including phenoxy) is 1. The number of urea groups is 1. The lowest BCUT2D eigenvalue weighted by Gasteiger charge is -2.27. The van der Waals surface area contributed by atoms with E-state index in [1.165, 1.54) is 6.07 Å². The Morgan fingerprint density at radius 2 is 2.17 bits per heavy atom. The van der Waals surface area contributed by atoms with E-state index in [4.69, 9.17) is 4.74 Å². The van der Waals surface area contributed by atoms with E-state index in [2.05, 4.69) is 5.32 Å². The topological polar surface area (TPSA) is 41.6 Å². The molecular formula is C18H23FN2O2. The predicted octanol–water partition coefficient (Wildman–Crippen LogP) is 2.86. The second-order valence-electron chi connectivity index (χ2n) is 6.97. The van der Waals surface area contributed by atoms with E-state index in [-0.39, 0.29) is 24.0 Å². The van der Waals surface area contributed by atoms with Gasteiger partial charge in [-0.1, -0.05) is 12.1 Å². The van der Waals surface area contributed by atoms with Gasteiger partial charge in [0.15, 0.2) is 0 Å². The average Bonchev–Trinajstić information content (AvgIpc) is 3.15. The SMILES string of the molecule is O=C(N[C@@H]1C[C@H]2CC[C@H]1O2)N(CCc1cccc(F)c1)C1CC1. The third-order valence-corrected chi connectivity index (χ3v) is 5.19. The highest BCUT2D eigenvalue weighted by Gasteiger charge is 2.42. The number of halogens is 1. The second kappa shape index (κ2) is 6.11. The van der Waals surface area contributed by atoms with Crippen molar-refractivity contribution in [2.75, 3.05) is 6.54 Å². The molecule has 0 unspecified atom stereocenters. The van der Waals surface area contributed by atoms with Gasteiger partial charge in [-0.25, -0.2) is 9.18 Å². The largest absolute Gasteiger partial charge is 0.373 e. The third kappa shape index (κ3) is 3.34. The van der Waals surface area contributed by atoms with Crippen LogP contribution in [0.5, 0.6) is 0 Å². The van der Waals surface area contributed by atoms with Crippen LogP contribution < -0.4 is 5.32 Å². The van der Waals surface area contributed by atoms with Crippen LogP contribution in [0.4, 0.5) is 9.18 Å². The molecule has 4 nitrogen and oxygen atoms in total. The first-order chi connectivity index (χ1) is 11.2. The summed E-state index contributed by atoms with van der Waals surface area (Å²) in [5.41, 5.74) is 0.937. The molecule has 2 amide bonds. The molecule has 3 atom stereocenters. The number of nitrogens with one attached hydrogen (secondary N) is 1. The minimum Gasteiger partial charge on any atom is -0.373 e. The lowest BCUT2D eigenvalue weighted by molar-refractivity contribution is 0.0969. The van der Waals surface area contributed by atoms with Gasteiger partial charge in [-0.05, 0) is 56.2 Å². The number of hydrogen-bond donors (Lipinski definition) is 1. The van der Waals surface area contributed by atoms with Gasteiger partial charge in [0.25, 0.3) is 0 Å². The van der Waals surface area contributed by atoms with Gasteiger partial charge < -0.3 is 15.0 Å². The van der Waals surface area contributed by atoms with Crippen LogP contribution in [0.15, 0.2) is 24.3 Å². The lowest BCUT2D eigenvalue weighted by Crippen LogP contribution is -2.49. The van der Waals surface area contributed by atoms with Gasteiger partial charge in [0.2, 0.25) is 0 Å². The van der Waals surface area contributed by atoms with E-state index in [0.717, 1.165) is 37.7 Å². The first kappa shape index (κ1) is 14.9. The molecule has 2 aliphatic heterocycles. The quantitative estimate of drug-likeness (QED) is 0.907. The number of nitrogens with zero attached hydrogens (tertiary/aromatic N) is 1. The summed E-state index contributed by atoms with van der Waals surface area (Å²) in [4.78, 5) is 14.6. The standard InChI is InChI=1S/C18H23FN2O2/c19-13-3-1-2-12(10-13)8-9-21(14-4-5-14)18(22)20-16-11-15-6-7-17(16)23-15/h1-3,10,14-17H,4-9,11H2,(H,20,22)/t15-,16-,17-/m1/s1. The summed E-state index contributed by atoms with van der Waals surface area (Å²) in [5.74, 6) is -0.218. The Balaban J connectivity index is 1.35. The smallest absolute Gasteiger partial charge is 0.317 e. The van der Waals surface area contributed by atoms with Crippen LogP contribution in [-0.2, 0) is 11.2 Å². The number of fused-ring (bicyclic) bond motifs is 2. The average molecular weight is 318 g/mol. The molecule has 0 radical (unpaired) electrons. The molecule has 0 aromatic heterocycles. The molecule has 1 saturated carbocycles. The predicted molar refractivity (Wildman–Crippen MR) is 84.7 cm³/mol. The van der Waals surface area contributed by atoms with Gasteiger partial charge in [-0.3, -0.25) is 0 Å². The minimum atomic E-state index is -0.218. The van der Waals surface area contributed by atoms with E-state index in [1.54, 1.807) is 12.1 Å². The summed E-state index contributed by atoms with van der Waals surface area (Å²) in [5, 5.41) is 3.17. The summed E-state index contributed by atoms with van der Waals surface area (Å²) >= 11 is 0. The Morgan fingerprint density at radius 1 is 1.30 bits per heavy atom.